The lowest BCUT2D eigenvalue weighted by atomic mass is 10.1. The van der Waals surface area contributed by atoms with Gasteiger partial charge in [-0.2, -0.15) is 5.26 Å². The Morgan fingerprint density at radius 3 is 2.87 bits per heavy atom. The molecule has 1 rings (SSSR count). The van der Waals surface area contributed by atoms with Crippen LogP contribution in [0.25, 0.3) is 0 Å². The number of nitrogens with zero attached hydrogens (tertiary/aromatic N) is 1. The van der Waals surface area contributed by atoms with Crippen LogP contribution in [0.1, 0.15) is 39.0 Å². The molecular formula is C12H21NO2. The third-order valence-electron chi connectivity index (χ3n) is 2.82. The second-order valence-corrected chi connectivity index (χ2v) is 4.04. The van der Waals surface area contributed by atoms with Crippen LogP contribution in [0.15, 0.2) is 0 Å². The van der Waals surface area contributed by atoms with Crippen LogP contribution in [0.3, 0.4) is 0 Å². The molecule has 0 aromatic heterocycles. The number of unbranched alkanes of at least 4 members (excludes halogenated alkanes) is 1. The zero-order valence-electron chi connectivity index (χ0n) is 9.58. The predicted octanol–water partition coefficient (Wildman–Crippen LogP) is 2.51. The molecule has 1 aliphatic rings. The van der Waals surface area contributed by atoms with Gasteiger partial charge in [0.05, 0.1) is 31.3 Å². The third kappa shape index (κ3) is 4.63. The van der Waals surface area contributed by atoms with E-state index in [1.54, 1.807) is 0 Å². The molecule has 3 heteroatoms. The number of hydrogen-bond donors (Lipinski definition) is 0. The van der Waals surface area contributed by atoms with Crippen molar-refractivity contribution in [1.29, 1.82) is 5.26 Å². The summed E-state index contributed by atoms with van der Waals surface area (Å²) < 4.78 is 11.0. The molecule has 0 aromatic carbocycles. The Kier molecular flexibility index (Phi) is 6.38. The maximum absolute atomic E-state index is 8.85. The molecule has 1 aliphatic carbocycles. The molecule has 0 aromatic rings. The summed E-state index contributed by atoms with van der Waals surface area (Å²) in [6.07, 6.45) is 5.60. The Morgan fingerprint density at radius 2 is 2.13 bits per heavy atom. The van der Waals surface area contributed by atoms with Gasteiger partial charge in [0.2, 0.25) is 0 Å². The third-order valence-corrected chi connectivity index (χ3v) is 2.82. The van der Waals surface area contributed by atoms with Gasteiger partial charge in [0.25, 0.3) is 0 Å². The first-order valence-corrected chi connectivity index (χ1v) is 5.97. The normalized spacial score (nSPS) is 25.3. The van der Waals surface area contributed by atoms with Crippen LogP contribution in [0.5, 0.6) is 0 Å². The summed E-state index contributed by atoms with van der Waals surface area (Å²) in [5.41, 5.74) is 0. The zero-order chi connectivity index (χ0) is 10.9. The van der Waals surface area contributed by atoms with Gasteiger partial charge in [-0.1, -0.05) is 13.3 Å². The zero-order valence-corrected chi connectivity index (χ0v) is 9.58. The van der Waals surface area contributed by atoms with Gasteiger partial charge in [0.15, 0.2) is 0 Å². The summed E-state index contributed by atoms with van der Waals surface area (Å²) in [5.74, 6) is 0.112. The second-order valence-electron chi connectivity index (χ2n) is 4.04. The highest BCUT2D eigenvalue weighted by Crippen LogP contribution is 2.27. The highest BCUT2D eigenvalue weighted by Gasteiger charge is 2.27. The van der Waals surface area contributed by atoms with Crippen molar-refractivity contribution in [2.75, 3.05) is 19.8 Å². The molecule has 0 radical (unpaired) electrons. The molecule has 2 unspecified atom stereocenters. The van der Waals surface area contributed by atoms with Crippen molar-refractivity contribution in [3.05, 3.63) is 0 Å². The van der Waals surface area contributed by atoms with Crippen molar-refractivity contribution in [1.82, 2.24) is 0 Å². The second kappa shape index (κ2) is 7.67. The summed E-state index contributed by atoms with van der Waals surface area (Å²) in [6, 6.07) is 2.31. The Morgan fingerprint density at radius 1 is 1.27 bits per heavy atom. The Bertz CT molecular complexity index is 200. The minimum atomic E-state index is 0.112. The average Bonchev–Trinajstić information content (AvgIpc) is 2.70. The molecule has 3 nitrogen and oxygen atoms in total. The summed E-state index contributed by atoms with van der Waals surface area (Å²) >= 11 is 0. The molecule has 2 atom stereocenters. The van der Waals surface area contributed by atoms with E-state index in [4.69, 9.17) is 14.7 Å². The lowest BCUT2D eigenvalue weighted by molar-refractivity contribution is -0.00293. The van der Waals surface area contributed by atoms with Crippen molar-refractivity contribution in [3.63, 3.8) is 0 Å². The van der Waals surface area contributed by atoms with E-state index in [0.29, 0.717) is 13.2 Å². The van der Waals surface area contributed by atoms with E-state index in [2.05, 4.69) is 13.0 Å². The van der Waals surface area contributed by atoms with Gasteiger partial charge in [-0.3, -0.25) is 0 Å². The van der Waals surface area contributed by atoms with Gasteiger partial charge >= 0.3 is 0 Å². The average molecular weight is 211 g/mol. The van der Waals surface area contributed by atoms with Crippen molar-refractivity contribution >= 4 is 0 Å². The molecule has 0 saturated heterocycles. The molecule has 0 spiro atoms. The first-order chi connectivity index (χ1) is 7.38. The summed E-state index contributed by atoms with van der Waals surface area (Å²) in [5, 5.41) is 8.85. The minimum Gasteiger partial charge on any atom is -0.379 e. The Labute approximate surface area is 92.4 Å². The minimum absolute atomic E-state index is 0.112. The van der Waals surface area contributed by atoms with E-state index in [1.807, 2.05) is 0 Å². The van der Waals surface area contributed by atoms with Gasteiger partial charge in [-0.05, 0) is 25.7 Å². The smallest absolute Gasteiger partial charge is 0.0734 e. The lowest BCUT2D eigenvalue weighted by Gasteiger charge is -2.14. The number of hydrogen-bond acceptors (Lipinski definition) is 3. The van der Waals surface area contributed by atoms with Gasteiger partial charge < -0.3 is 9.47 Å². The van der Waals surface area contributed by atoms with Crippen molar-refractivity contribution in [2.24, 2.45) is 5.92 Å². The summed E-state index contributed by atoms with van der Waals surface area (Å²) in [7, 11) is 0. The summed E-state index contributed by atoms with van der Waals surface area (Å²) in [6.45, 7) is 4.27. The van der Waals surface area contributed by atoms with Gasteiger partial charge in [0, 0.05) is 6.61 Å². The van der Waals surface area contributed by atoms with E-state index < -0.39 is 0 Å². The van der Waals surface area contributed by atoms with Gasteiger partial charge in [-0.15, -0.1) is 0 Å². The molecule has 0 amide bonds. The molecule has 1 saturated carbocycles. The predicted molar refractivity (Wildman–Crippen MR) is 58.4 cm³/mol. The van der Waals surface area contributed by atoms with Crippen LogP contribution in [-0.2, 0) is 9.47 Å². The topological polar surface area (TPSA) is 42.2 Å². The van der Waals surface area contributed by atoms with E-state index in [9.17, 15) is 0 Å². The monoisotopic (exact) mass is 211 g/mol. The Balaban J connectivity index is 1.98. The van der Waals surface area contributed by atoms with E-state index in [0.717, 1.165) is 32.3 Å². The molecule has 86 valence electrons. The Hall–Kier alpha value is -0.590. The fraction of sp³-hybridized carbons (Fsp3) is 0.917. The molecule has 0 heterocycles. The first-order valence-electron chi connectivity index (χ1n) is 5.97. The maximum Gasteiger partial charge on any atom is 0.0734 e. The SMILES string of the molecule is CCCCOCCOC1CCCC1C#N. The molecule has 15 heavy (non-hydrogen) atoms. The van der Waals surface area contributed by atoms with Crippen LogP contribution in [0, 0.1) is 17.2 Å². The highest BCUT2D eigenvalue weighted by molar-refractivity contribution is 4.93. The van der Waals surface area contributed by atoms with E-state index >= 15 is 0 Å². The molecule has 0 aliphatic heterocycles. The van der Waals surface area contributed by atoms with E-state index in [1.165, 1.54) is 6.42 Å². The molecule has 0 N–H and O–H groups in total. The largest absolute Gasteiger partial charge is 0.379 e. The van der Waals surface area contributed by atoms with Crippen LogP contribution < -0.4 is 0 Å². The first kappa shape index (κ1) is 12.5. The van der Waals surface area contributed by atoms with Crippen molar-refractivity contribution in [2.45, 2.75) is 45.1 Å². The van der Waals surface area contributed by atoms with E-state index in [-0.39, 0.29) is 12.0 Å². The quantitative estimate of drug-likeness (QED) is 0.608. The standard InChI is InChI=1S/C12H21NO2/c1-2-3-7-14-8-9-15-12-6-4-5-11(12)10-13/h11-12H,2-9H2,1H3. The molecular weight excluding hydrogens is 190 g/mol. The lowest BCUT2D eigenvalue weighted by Crippen LogP contribution is -2.19. The number of ether oxygens (including phenoxy) is 2. The number of rotatable bonds is 7. The van der Waals surface area contributed by atoms with Crippen molar-refractivity contribution in [3.8, 4) is 6.07 Å². The van der Waals surface area contributed by atoms with Crippen LogP contribution in [0.4, 0.5) is 0 Å². The van der Waals surface area contributed by atoms with Crippen LogP contribution in [0.2, 0.25) is 0 Å². The molecule has 0 bridgehead atoms. The number of nitriles is 1. The van der Waals surface area contributed by atoms with Gasteiger partial charge in [-0.25, -0.2) is 0 Å². The van der Waals surface area contributed by atoms with Gasteiger partial charge in [0.1, 0.15) is 0 Å². The summed E-state index contributed by atoms with van der Waals surface area (Å²) in [4.78, 5) is 0. The van der Waals surface area contributed by atoms with Crippen LogP contribution >= 0.6 is 0 Å². The fourth-order valence-electron chi connectivity index (χ4n) is 1.88. The highest BCUT2D eigenvalue weighted by atomic mass is 16.5. The fourth-order valence-corrected chi connectivity index (χ4v) is 1.88. The maximum atomic E-state index is 8.85. The molecule has 1 fully saturated rings. The van der Waals surface area contributed by atoms with Crippen molar-refractivity contribution < 1.29 is 9.47 Å². The van der Waals surface area contributed by atoms with Crippen LogP contribution in [-0.4, -0.2) is 25.9 Å².